The molecule has 5 rings (SSSR count). The van der Waals surface area contributed by atoms with E-state index in [1.807, 2.05) is 77.7 Å². The van der Waals surface area contributed by atoms with Gasteiger partial charge in [-0.25, -0.2) is 0 Å². The lowest BCUT2D eigenvalue weighted by atomic mass is 10.1. The van der Waals surface area contributed by atoms with Gasteiger partial charge in [0.15, 0.2) is 0 Å². The van der Waals surface area contributed by atoms with Gasteiger partial charge >= 0.3 is 0 Å². The summed E-state index contributed by atoms with van der Waals surface area (Å²) in [6.07, 6.45) is 0.181. The van der Waals surface area contributed by atoms with E-state index in [-0.39, 0.29) is 24.0 Å². The highest BCUT2D eigenvalue weighted by molar-refractivity contribution is 5.95. The van der Waals surface area contributed by atoms with Gasteiger partial charge in [0.25, 0.3) is 5.91 Å². The molecule has 6 heteroatoms. The van der Waals surface area contributed by atoms with Crippen molar-refractivity contribution >= 4 is 11.8 Å². The fraction of sp³-hybridized carbons (Fsp3) is 0.259. The second kappa shape index (κ2) is 9.46. The van der Waals surface area contributed by atoms with E-state index in [0.29, 0.717) is 49.7 Å². The van der Waals surface area contributed by atoms with Crippen molar-refractivity contribution in [2.24, 2.45) is 0 Å². The molecule has 2 heterocycles. The topological polar surface area (TPSA) is 59.1 Å². The predicted octanol–water partition coefficient (Wildman–Crippen LogP) is 4.12. The van der Waals surface area contributed by atoms with Gasteiger partial charge in [-0.1, -0.05) is 54.6 Å². The summed E-state index contributed by atoms with van der Waals surface area (Å²) in [5.41, 5.74) is 1.63. The molecule has 0 N–H and O–H groups in total. The summed E-state index contributed by atoms with van der Waals surface area (Å²) in [4.78, 5) is 29.9. The second-order valence-electron chi connectivity index (χ2n) is 8.39. The third-order valence-corrected chi connectivity index (χ3v) is 6.15. The number of likely N-dealkylation sites (tertiary alicyclic amines) is 1. The number of amides is 2. The van der Waals surface area contributed by atoms with Crippen molar-refractivity contribution in [3.63, 3.8) is 0 Å². The van der Waals surface area contributed by atoms with Crippen LogP contribution in [0.3, 0.4) is 0 Å². The minimum atomic E-state index is -0.187. The van der Waals surface area contributed by atoms with E-state index in [1.54, 1.807) is 17.0 Å². The van der Waals surface area contributed by atoms with E-state index in [1.165, 1.54) is 0 Å². The molecule has 0 bridgehead atoms. The minimum Gasteiger partial charge on any atom is -0.457 e. The first-order chi connectivity index (χ1) is 16.2. The molecule has 0 aromatic heterocycles. The maximum atomic E-state index is 13.3. The van der Waals surface area contributed by atoms with E-state index >= 15 is 0 Å². The lowest BCUT2D eigenvalue weighted by Gasteiger charge is -2.29. The lowest BCUT2D eigenvalue weighted by Crippen LogP contribution is -2.45. The van der Waals surface area contributed by atoms with Crippen molar-refractivity contribution in [2.75, 3.05) is 19.7 Å². The first-order valence-corrected chi connectivity index (χ1v) is 11.2. The van der Waals surface area contributed by atoms with Crippen LogP contribution in [0.5, 0.6) is 11.5 Å². The average Bonchev–Trinajstić information content (AvgIpc) is 3.21. The molecule has 168 valence electrons. The Labute approximate surface area is 193 Å². The van der Waals surface area contributed by atoms with E-state index in [2.05, 4.69) is 0 Å². The molecule has 2 amide bonds. The van der Waals surface area contributed by atoms with Gasteiger partial charge in [-0.3, -0.25) is 9.59 Å². The molecule has 2 atom stereocenters. The summed E-state index contributed by atoms with van der Waals surface area (Å²) in [6, 6.07) is 26.5. The number of hydrogen-bond donors (Lipinski definition) is 0. The molecule has 6 nitrogen and oxygen atoms in total. The first kappa shape index (κ1) is 21.2. The van der Waals surface area contributed by atoms with Gasteiger partial charge in [0.1, 0.15) is 11.5 Å². The van der Waals surface area contributed by atoms with Crippen molar-refractivity contribution in [2.45, 2.75) is 25.1 Å². The molecule has 0 radical (unpaired) electrons. The summed E-state index contributed by atoms with van der Waals surface area (Å²) in [5, 5.41) is 0. The number of ether oxygens (including phenoxy) is 2. The molecule has 33 heavy (non-hydrogen) atoms. The van der Waals surface area contributed by atoms with Crippen LogP contribution in [0.25, 0.3) is 0 Å². The molecule has 0 saturated carbocycles. The summed E-state index contributed by atoms with van der Waals surface area (Å²) in [6.45, 7) is 1.82. The van der Waals surface area contributed by atoms with Crippen LogP contribution in [-0.2, 0) is 16.1 Å². The molecule has 0 spiro atoms. The molecule has 0 unspecified atom stereocenters. The number of carbonyl (C=O) groups is 2. The van der Waals surface area contributed by atoms with Gasteiger partial charge in [0.05, 0.1) is 25.2 Å². The van der Waals surface area contributed by atoms with Crippen LogP contribution >= 0.6 is 0 Å². The molecule has 3 aromatic rings. The molecule has 2 saturated heterocycles. The summed E-state index contributed by atoms with van der Waals surface area (Å²) < 4.78 is 11.9. The highest BCUT2D eigenvalue weighted by atomic mass is 16.5. The zero-order valence-corrected chi connectivity index (χ0v) is 18.3. The third-order valence-electron chi connectivity index (χ3n) is 6.15. The van der Waals surface area contributed by atoms with Crippen LogP contribution in [0.15, 0.2) is 84.9 Å². The second-order valence-corrected chi connectivity index (χ2v) is 8.39. The average molecular weight is 443 g/mol. The Kier molecular flexibility index (Phi) is 6.09. The molecule has 3 aromatic carbocycles. The number of para-hydroxylation sites is 1. The maximum absolute atomic E-state index is 13.3. The Morgan fingerprint density at radius 2 is 1.64 bits per heavy atom. The normalized spacial score (nSPS) is 20.3. The van der Waals surface area contributed by atoms with Crippen LogP contribution in [0.1, 0.15) is 22.3 Å². The van der Waals surface area contributed by atoms with E-state index in [9.17, 15) is 9.59 Å². The predicted molar refractivity (Wildman–Crippen MR) is 124 cm³/mol. The first-order valence-electron chi connectivity index (χ1n) is 11.2. The van der Waals surface area contributed by atoms with Gasteiger partial charge in [-0.15, -0.1) is 0 Å². The van der Waals surface area contributed by atoms with Gasteiger partial charge in [-0.05, 0) is 35.9 Å². The molecular weight excluding hydrogens is 416 g/mol. The van der Waals surface area contributed by atoms with Crippen molar-refractivity contribution in [3.8, 4) is 11.5 Å². The fourth-order valence-electron chi connectivity index (χ4n) is 4.50. The largest absolute Gasteiger partial charge is 0.457 e. The fourth-order valence-corrected chi connectivity index (χ4v) is 4.50. The maximum Gasteiger partial charge on any atom is 0.254 e. The van der Waals surface area contributed by atoms with Crippen molar-refractivity contribution in [1.82, 2.24) is 9.80 Å². The summed E-state index contributed by atoms with van der Waals surface area (Å²) in [7, 11) is 0. The number of fused-ring (bicyclic) bond motifs is 1. The van der Waals surface area contributed by atoms with Gasteiger partial charge in [0, 0.05) is 25.2 Å². The SMILES string of the molecule is O=C(c1cccc(Oc2ccccc2)c1)N1C[C@@H]2OCCC(=O)N(Cc3ccccc3)[C@H]2C1. The van der Waals surface area contributed by atoms with Crippen molar-refractivity contribution in [3.05, 3.63) is 96.1 Å². The van der Waals surface area contributed by atoms with Crippen LogP contribution in [-0.4, -0.2) is 53.5 Å². The van der Waals surface area contributed by atoms with Crippen molar-refractivity contribution < 1.29 is 19.1 Å². The third kappa shape index (κ3) is 4.76. The standard InChI is InChI=1S/C27H26N2O4/c30-26-14-15-32-25-19-28(18-24(25)29(26)17-20-8-3-1-4-9-20)27(31)21-10-7-13-23(16-21)33-22-11-5-2-6-12-22/h1-13,16,24-25H,14-15,17-19H2/t24-,25-/m0/s1. The van der Waals surface area contributed by atoms with Crippen LogP contribution in [0.4, 0.5) is 0 Å². The summed E-state index contributed by atoms with van der Waals surface area (Å²) >= 11 is 0. The molecule has 2 aliphatic rings. The van der Waals surface area contributed by atoms with Crippen LogP contribution < -0.4 is 4.74 Å². The number of hydrogen-bond acceptors (Lipinski definition) is 4. The summed E-state index contributed by atoms with van der Waals surface area (Å²) in [5.74, 6) is 1.31. The van der Waals surface area contributed by atoms with E-state index in [0.717, 1.165) is 5.56 Å². The van der Waals surface area contributed by atoms with Crippen LogP contribution in [0.2, 0.25) is 0 Å². The Morgan fingerprint density at radius 3 is 2.42 bits per heavy atom. The van der Waals surface area contributed by atoms with Gasteiger partial charge < -0.3 is 19.3 Å². The van der Waals surface area contributed by atoms with E-state index < -0.39 is 0 Å². The van der Waals surface area contributed by atoms with E-state index in [4.69, 9.17) is 9.47 Å². The minimum absolute atomic E-state index is 0.0684. The lowest BCUT2D eigenvalue weighted by molar-refractivity contribution is -0.133. The Morgan fingerprint density at radius 1 is 0.909 bits per heavy atom. The zero-order valence-electron chi connectivity index (χ0n) is 18.3. The van der Waals surface area contributed by atoms with Gasteiger partial charge in [0.2, 0.25) is 5.91 Å². The van der Waals surface area contributed by atoms with Gasteiger partial charge in [-0.2, -0.15) is 0 Å². The highest BCUT2D eigenvalue weighted by Gasteiger charge is 2.43. The highest BCUT2D eigenvalue weighted by Crippen LogP contribution is 2.28. The van der Waals surface area contributed by atoms with Crippen LogP contribution in [0, 0.1) is 0 Å². The smallest absolute Gasteiger partial charge is 0.254 e. The molecule has 2 aliphatic heterocycles. The number of rotatable bonds is 5. The monoisotopic (exact) mass is 442 g/mol. The number of benzene rings is 3. The Bertz CT molecular complexity index is 1120. The molecular formula is C27H26N2O4. The quantitative estimate of drug-likeness (QED) is 0.597. The molecule has 0 aliphatic carbocycles. The van der Waals surface area contributed by atoms with Crippen molar-refractivity contribution in [1.29, 1.82) is 0 Å². The molecule has 2 fully saturated rings. The Hall–Kier alpha value is -3.64. The number of nitrogens with zero attached hydrogens (tertiary/aromatic N) is 2. The number of carbonyl (C=O) groups excluding carboxylic acids is 2. The zero-order chi connectivity index (χ0) is 22.6. The Balaban J connectivity index is 1.32.